The lowest BCUT2D eigenvalue weighted by atomic mass is 10.1. The summed E-state index contributed by atoms with van der Waals surface area (Å²) in [6.07, 6.45) is 0.131. The molecule has 35 heavy (non-hydrogen) atoms. The second-order valence-corrected chi connectivity index (χ2v) is 8.35. The molecule has 0 saturated carbocycles. The van der Waals surface area contributed by atoms with Crippen molar-refractivity contribution in [2.24, 2.45) is 5.92 Å². The van der Waals surface area contributed by atoms with Gasteiger partial charge in [-0.2, -0.15) is 5.26 Å². The smallest absolute Gasteiger partial charge is 0.229 e. The molecule has 1 atom stereocenters. The van der Waals surface area contributed by atoms with Gasteiger partial charge in [-0.15, -0.1) is 0 Å². The number of ether oxygens (including phenoxy) is 3. The normalized spacial score (nSPS) is 16.5. The van der Waals surface area contributed by atoms with Gasteiger partial charge in [-0.25, -0.2) is 0 Å². The van der Waals surface area contributed by atoms with E-state index < -0.39 is 5.92 Å². The van der Waals surface area contributed by atoms with Gasteiger partial charge in [0, 0.05) is 36.5 Å². The van der Waals surface area contributed by atoms with E-state index in [9.17, 15) is 9.59 Å². The highest BCUT2D eigenvalue weighted by atomic mass is 16.6. The first kappa shape index (κ1) is 22.3. The highest BCUT2D eigenvalue weighted by Gasteiger charge is 2.35. The Labute approximate surface area is 202 Å². The minimum absolute atomic E-state index is 0.112. The number of rotatable bonds is 6. The first-order chi connectivity index (χ1) is 17.1. The Balaban J connectivity index is 1.21. The molecule has 8 nitrogen and oxygen atoms in total. The summed E-state index contributed by atoms with van der Waals surface area (Å²) in [5, 5.41) is 11.9. The van der Waals surface area contributed by atoms with Crippen LogP contribution in [0.2, 0.25) is 0 Å². The van der Waals surface area contributed by atoms with Crippen LogP contribution in [0, 0.1) is 17.2 Å². The minimum Gasteiger partial charge on any atom is -0.489 e. The molecular formula is C27H23N3O5. The van der Waals surface area contributed by atoms with Gasteiger partial charge in [-0.1, -0.05) is 18.2 Å². The first-order valence-corrected chi connectivity index (χ1v) is 11.3. The van der Waals surface area contributed by atoms with E-state index >= 15 is 0 Å². The van der Waals surface area contributed by atoms with Gasteiger partial charge in [0.05, 0.1) is 17.6 Å². The molecule has 3 aromatic rings. The van der Waals surface area contributed by atoms with Crippen LogP contribution in [0.5, 0.6) is 17.2 Å². The molecule has 1 fully saturated rings. The third kappa shape index (κ3) is 5.04. The van der Waals surface area contributed by atoms with Gasteiger partial charge in [0.25, 0.3) is 0 Å². The first-order valence-electron chi connectivity index (χ1n) is 11.3. The Hall–Kier alpha value is -4.51. The molecule has 2 amide bonds. The van der Waals surface area contributed by atoms with Crippen molar-refractivity contribution in [3.05, 3.63) is 77.9 Å². The molecule has 2 aliphatic heterocycles. The molecular weight excluding hydrogens is 446 g/mol. The van der Waals surface area contributed by atoms with E-state index in [2.05, 4.69) is 11.4 Å². The maximum Gasteiger partial charge on any atom is 0.229 e. The number of hydrogen-bond acceptors (Lipinski definition) is 6. The molecule has 5 rings (SSSR count). The van der Waals surface area contributed by atoms with E-state index in [1.807, 2.05) is 12.1 Å². The van der Waals surface area contributed by atoms with E-state index in [1.54, 1.807) is 59.5 Å². The molecule has 0 radical (unpaired) electrons. The van der Waals surface area contributed by atoms with Crippen molar-refractivity contribution in [2.75, 3.05) is 30.0 Å². The maximum absolute atomic E-state index is 12.9. The van der Waals surface area contributed by atoms with Crippen LogP contribution >= 0.6 is 0 Å². The van der Waals surface area contributed by atoms with E-state index in [4.69, 9.17) is 19.5 Å². The number of carbonyl (C=O) groups is 2. The van der Waals surface area contributed by atoms with Crippen LogP contribution in [0.3, 0.4) is 0 Å². The Kier molecular flexibility index (Phi) is 6.22. The highest BCUT2D eigenvalue weighted by molar-refractivity contribution is 6.03. The predicted molar refractivity (Wildman–Crippen MR) is 128 cm³/mol. The van der Waals surface area contributed by atoms with Gasteiger partial charge in [0.2, 0.25) is 11.8 Å². The van der Waals surface area contributed by atoms with Crippen molar-refractivity contribution in [1.82, 2.24) is 0 Å². The molecule has 2 aliphatic rings. The monoisotopic (exact) mass is 469 g/mol. The summed E-state index contributed by atoms with van der Waals surface area (Å²) in [5.74, 6) is 1.03. The van der Waals surface area contributed by atoms with Crippen molar-refractivity contribution >= 4 is 23.2 Å². The van der Waals surface area contributed by atoms with Crippen LogP contribution in [0.1, 0.15) is 17.5 Å². The second kappa shape index (κ2) is 9.77. The van der Waals surface area contributed by atoms with Gasteiger partial charge in [-0.3, -0.25) is 9.59 Å². The molecule has 1 unspecified atom stereocenters. The summed E-state index contributed by atoms with van der Waals surface area (Å²) in [6.45, 7) is 1.55. The van der Waals surface area contributed by atoms with Crippen molar-refractivity contribution < 1.29 is 23.8 Å². The lowest BCUT2D eigenvalue weighted by Crippen LogP contribution is -2.28. The topological polar surface area (TPSA) is 101 Å². The number of anilines is 2. The van der Waals surface area contributed by atoms with Crippen LogP contribution < -0.4 is 24.4 Å². The van der Waals surface area contributed by atoms with Crippen LogP contribution in [-0.2, 0) is 16.2 Å². The second-order valence-electron chi connectivity index (χ2n) is 8.35. The molecule has 0 spiro atoms. The summed E-state index contributed by atoms with van der Waals surface area (Å²) in [7, 11) is 0. The SMILES string of the molecule is N#Cc1cccc(COc2cccc(NC(=O)C3CC(=O)N(c4ccc5c(c4)OCCO5)C3)c2)c1. The Bertz CT molecular complexity index is 1320. The van der Waals surface area contributed by atoms with Crippen molar-refractivity contribution in [1.29, 1.82) is 5.26 Å². The van der Waals surface area contributed by atoms with Gasteiger partial charge in [-0.05, 0) is 42.0 Å². The molecule has 0 aliphatic carbocycles. The fraction of sp³-hybridized carbons (Fsp3) is 0.222. The molecule has 0 aromatic heterocycles. The Morgan fingerprint density at radius 1 is 1.06 bits per heavy atom. The van der Waals surface area contributed by atoms with Gasteiger partial charge in [0.1, 0.15) is 25.6 Å². The summed E-state index contributed by atoms with van der Waals surface area (Å²) in [4.78, 5) is 27.2. The summed E-state index contributed by atoms with van der Waals surface area (Å²) in [6, 6.07) is 21.8. The zero-order valence-electron chi connectivity index (χ0n) is 18.9. The molecule has 2 heterocycles. The number of nitrogens with one attached hydrogen (secondary N) is 1. The number of fused-ring (bicyclic) bond motifs is 1. The quantitative estimate of drug-likeness (QED) is 0.588. The Morgan fingerprint density at radius 3 is 2.74 bits per heavy atom. The third-order valence-corrected chi connectivity index (χ3v) is 5.90. The lowest BCUT2D eigenvalue weighted by molar-refractivity contribution is -0.122. The number of nitrogens with zero attached hydrogens (tertiary/aromatic N) is 2. The molecule has 0 bridgehead atoms. The zero-order chi connectivity index (χ0) is 24.2. The summed E-state index contributed by atoms with van der Waals surface area (Å²) < 4.78 is 17.0. The minimum atomic E-state index is -0.478. The maximum atomic E-state index is 12.9. The third-order valence-electron chi connectivity index (χ3n) is 5.90. The van der Waals surface area contributed by atoms with E-state index in [0.717, 1.165) is 5.56 Å². The van der Waals surface area contributed by atoms with Crippen molar-refractivity contribution in [3.8, 4) is 23.3 Å². The lowest BCUT2D eigenvalue weighted by Gasteiger charge is -2.22. The molecule has 1 saturated heterocycles. The number of amides is 2. The number of carbonyl (C=O) groups excluding carboxylic acids is 2. The summed E-state index contributed by atoms with van der Waals surface area (Å²) in [5.41, 5.74) is 2.72. The van der Waals surface area contributed by atoms with Gasteiger partial charge in [0.15, 0.2) is 11.5 Å². The fourth-order valence-electron chi connectivity index (χ4n) is 4.14. The van der Waals surface area contributed by atoms with Crippen LogP contribution in [0.4, 0.5) is 11.4 Å². The zero-order valence-corrected chi connectivity index (χ0v) is 18.9. The van der Waals surface area contributed by atoms with Crippen molar-refractivity contribution in [3.63, 3.8) is 0 Å². The standard InChI is InChI=1S/C27H23N3O5/c28-15-18-3-1-4-19(11-18)17-35-23-6-2-5-21(13-23)29-27(32)20-12-26(31)30(16-20)22-7-8-24-25(14-22)34-10-9-33-24/h1-8,11,13-14,20H,9-10,12,16-17H2,(H,29,32). The molecule has 3 aromatic carbocycles. The number of benzene rings is 3. The number of nitriles is 1. The van der Waals surface area contributed by atoms with Crippen molar-refractivity contribution in [2.45, 2.75) is 13.0 Å². The largest absolute Gasteiger partial charge is 0.489 e. The van der Waals surface area contributed by atoms with Gasteiger partial charge >= 0.3 is 0 Å². The average molecular weight is 469 g/mol. The van der Waals surface area contributed by atoms with Crippen LogP contribution in [0.25, 0.3) is 0 Å². The van der Waals surface area contributed by atoms with E-state index in [0.29, 0.717) is 54.0 Å². The average Bonchev–Trinajstić information content (AvgIpc) is 3.29. The molecule has 176 valence electrons. The van der Waals surface area contributed by atoms with Crippen LogP contribution in [-0.4, -0.2) is 31.6 Å². The van der Waals surface area contributed by atoms with E-state index in [-0.39, 0.29) is 24.8 Å². The summed E-state index contributed by atoms with van der Waals surface area (Å²) >= 11 is 0. The predicted octanol–water partition coefficient (Wildman–Crippen LogP) is 3.90. The number of hydrogen-bond donors (Lipinski definition) is 1. The molecule has 1 N–H and O–H groups in total. The van der Waals surface area contributed by atoms with E-state index in [1.165, 1.54) is 0 Å². The molecule has 8 heteroatoms. The fourth-order valence-corrected chi connectivity index (χ4v) is 4.14. The van der Waals surface area contributed by atoms with Gasteiger partial charge < -0.3 is 24.4 Å². The highest BCUT2D eigenvalue weighted by Crippen LogP contribution is 2.36. The van der Waals surface area contributed by atoms with Crippen LogP contribution in [0.15, 0.2) is 66.7 Å². The Morgan fingerprint density at radius 2 is 1.89 bits per heavy atom.